The summed E-state index contributed by atoms with van der Waals surface area (Å²) in [6.45, 7) is 0. The standard InChI is InChI=1S/4C3H9N.8HI/c4*1-4(2)3;;;;;;;;/h4*1-3H3;8*1H/p-4. The molecule has 168 valence electrons. The molecule has 0 radical (unpaired) electrons. The minimum atomic E-state index is 0. The van der Waals surface area contributed by atoms with Crippen LogP contribution in [0.15, 0.2) is 0 Å². The molecule has 0 aliphatic heterocycles. The molecule has 0 aromatic rings. The topological polar surface area (TPSA) is 17.8 Å². The summed E-state index contributed by atoms with van der Waals surface area (Å²) >= 11 is 0. The fourth-order valence-electron chi connectivity index (χ4n) is 0. The molecule has 4 nitrogen and oxygen atoms in total. The summed E-state index contributed by atoms with van der Waals surface area (Å²) < 4.78 is 0. The molecule has 0 bridgehead atoms. The van der Waals surface area contributed by atoms with E-state index in [1.54, 1.807) is 0 Å². The molecule has 4 N–H and O–H groups in total. The van der Waals surface area contributed by atoms with E-state index in [9.17, 15) is 0 Å². The first-order valence-corrected chi connectivity index (χ1v) is 6.00. The Hall–Kier alpha value is 5.68. The van der Waals surface area contributed by atoms with Gasteiger partial charge in [0.15, 0.2) is 0 Å². The van der Waals surface area contributed by atoms with E-state index >= 15 is 0 Å². The van der Waals surface area contributed by atoms with Gasteiger partial charge in [0.2, 0.25) is 0 Å². The van der Waals surface area contributed by atoms with Crippen molar-refractivity contribution in [2.24, 2.45) is 0 Å². The molecular weight excluding hydrogens is 1220 g/mol. The van der Waals surface area contributed by atoms with Gasteiger partial charge in [0.1, 0.15) is 0 Å². The highest BCUT2D eigenvalue weighted by molar-refractivity contribution is 3.60. The van der Waals surface area contributed by atoms with Crippen LogP contribution in [0.2, 0.25) is 0 Å². The van der Waals surface area contributed by atoms with Crippen LogP contribution in [0, 0.1) is 0 Å². The highest BCUT2D eigenvalue weighted by Gasteiger charge is 1.62. The van der Waals surface area contributed by atoms with Crippen molar-refractivity contribution in [3.8, 4) is 0 Å². The lowest BCUT2D eigenvalue weighted by atomic mass is 11.0. The van der Waals surface area contributed by atoms with Crippen LogP contribution in [0.1, 0.15) is 0 Å². The maximum absolute atomic E-state index is 2.08. The van der Waals surface area contributed by atoms with Crippen LogP contribution >= 0.6 is 0 Å². The van der Waals surface area contributed by atoms with Crippen LogP contribution in [0.3, 0.4) is 0 Å². The lowest BCUT2D eigenvalue weighted by molar-refractivity contribution is -0.836. The Morgan fingerprint density at radius 2 is 0.208 bits per heavy atom. The summed E-state index contributed by atoms with van der Waals surface area (Å²) in [5, 5.41) is 0. The van der Waals surface area contributed by atoms with E-state index in [1.165, 1.54) is 19.6 Å². The fraction of sp³-hybridized carbons (Fsp3) is 1.00. The van der Waals surface area contributed by atoms with Gasteiger partial charge in [0.05, 0.1) is 84.6 Å². The normalized spacial score (nSPS) is 6.00. The quantitative estimate of drug-likeness (QED) is 0.173. The highest BCUT2D eigenvalue weighted by atomic mass is 127. The zero-order valence-electron chi connectivity index (χ0n) is 17.0. The molecule has 0 heterocycles. The number of halogens is 8. The highest BCUT2D eigenvalue weighted by Crippen LogP contribution is 0.876. The number of rotatable bonds is 0. The Morgan fingerprint density at radius 3 is 0.208 bits per heavy atom. The van der Waals surface area contributed by atoms with E-state index in [0.717, 1.165) is 0 Å². The van der Waals surface area contributed by atoms with Crippen molar-refractivity contribution in [1.82, 2.24) is 0 Å². The van der Waals surface area contributed by atoms with Crippen molar-refractivity contribution < 1.29 is 211 Å². The second-order valence-electron chi connectivity index (χ2n) is 6.00. The second kappa shape index (κ2) is 70.3. The number of hydrogen-bond acceptors (Lipinski definition) is 0. The zero-order valence-corrected chi connectivity index (χ0v) is 34.3. The molecule has 0 amide bonds. The summed E-state index contributed by atoms with van der Waals surface area (Å²) in [5.41, 5.74) is 0. The second-order valence-corrected chi connectivity index (χ2v) is 6.00. The van der Waals surface area contributed by atoms with Crippen LogP contribution in [0.4, 0.5) is 0 Å². The van der Waals surface area contributed by atoms with Gasteiger partial charge in [-0.15, -0.1) is 0 Å². The zero-order chi connectivity index (χ0) is 14.3. The van der Waals surface area contributed by atoms with Gasteiger partial charge < -0.3 is 211 Å². The van der Waals surface area contributed by atoms with Gasteiger partial charge in [-0.3, -0.25) is 0 Å². The minimum Gasteiger partial charge on any atom is -1.00 e. The summed E-state index contributed by atoms with van der Waals surface area (Å²) in [5.74, 6) is 0. The van der Waals surface area contributed by atoms with Crippen LogP contribution in [0.5, 0.6) is 0 Å². The molecule has 0 aliphatic rings. The molecule has 0 atom stereocenters. The van der Waals surface area contributed by atoms with Gasteiger partial charge >= 0.3 is 0 Å². The first-order valence-electron chi connectivity index (χ1n) is 6.00. The predicted molar refractivity (Wildman–Crippen MR) is 74.9 cm³/mol. The van der Waals surface area contributed by atoms with Gasteiger partial charge in [-0.2, -0.15) is 0 Å². The monoisotopic (exact) mass is 1260 g/mol. The molecule has 0 saturated heterocycles. The average Bonchev–Trinajstić information content (AvgIpc) is 1.76. The molecule has 0 aliphatic carbocycles. The van der Waals surface area contributed by atoms with Crippen LogP contribution < -0.4 is 211 Å². The minimum absolute atomic E-state index is 0. The van der Waals surface area contributed by atoms with Crippen molar-refractivity contribution in [2.75, 3.05) is 84.6 Å². The van der Waals surface area contributed by atoms with E-state index in [1.807, 2.05) is 0 Å². The number of hydrogen-bond donors (Lipinski definition) is 4. The van der Waals surface area contributed by atoms with Gasteiger partial charge in [-0.1, -0.05) is 0 Å². The Labute approximate surface area is 290 Å². The molecule has 24 heavy (non-hydrogen) atoms. The molecule has 0 fully saturated rings. The van der Waals surface area contributed by atoms with Crippen LogP contribution in [0.25, 0.3) is 0 Å². The van der Waals surface area contributed by atoms with E-state index < -0.39 is 0 Å². The average molecular weight is 1260 g/mol. The lowest BCUT2D eigenvalue weighted by Gasteiger charge is -1.88. The molecule has 0 aromatic carbocycles. The van der Waals surface area contributed by atoms with Crippen LogP contribution in [-0.2, 0) is 0 Å². The summed E-state index contributed by atoms with van der Waals surface area (Å²) in [4.78, 5) is 5.67. The third-order valence-electron chi connectivity index (χ3n) is 0. The van der Waals surface area contributed by atoms with Crippen molar-refractivity contribution in [3.63, 3.8) is 0 Å². The maximum atomic E-state index is 2.08. The first-order chi connectivity index (χ1) is 6.93. The molecule has 0 spiro atoms. The molecule has 0 aromatic heterocycles. The molecular formula is C12H40I8N4-4. The van der Waals surface area contributed by atoms with Gasteiger partial charge in [0.25, 0.3) is 0 Å². The Balaban J connectivity index is -0.00000000720. The van der Waals surface area contributed by atoms with E-state index in [0.29, 0.717) is 0 Å². The molecule has 0 rings (SSSR count). The van der Waals surface area contributed by atoms with Gasteiger partial charge in [-0.05, 0) is 0 Å². The van der Waals surface area contributed by atoms with E-state index in [-0.39, 0.29) is 192 Å². The fourth-order valence-corrected chi connectivity index (χ4v) is 0. The Morgan fingerprint density at radius 1 is 0.208 bits per heavy atom. The maximum Gasteiger partial charge on any atom is 0.0661 e. The van der Waals surface area contributed by atoms with Gasteiger partial charge in [0, 0.05) is 0 Å². The number of quaternary nitrogens is 4. The SMILES string of the molecule is C[NH+](C)C.C[NH+](C)C.C[NH+](C)C.C[NH+](C)C.[I-].[I-].[I-].[I-].[I-].[I-].[I-].[I-]. The number of nitrogens with one attached hydrogen (secondary N) is 4. The molecule has 12 heteroatoms. The lowest BCUT2D eigenvalue weighted by Crippen LogP contribution is -3.02. The third kappa shape index (κ3) is 611. The van der Waals surface area contributed by atoms with E-state index in [2.05, 4.69) is 84.6 Å². The van der Waals surface area contributed by atoms with Gasteiger partial charge in [-0.25, -0.2) is 0 Å². The smallest absolute Gasteiger partial charge is 0.0661 e. The summed E-state index contributed by atoms with van der Waals surface area (Å²) in [6, 6.07) is 0. The predicted octanol–water partition coefficient (Wildman–Crippen LogP) is -28.9. The first kappa shape index (κ1) is 78.1. The van der Waals surface area contributed by atoms with Crippen LogP contribution in [-0.4, -0.2) is 84.6 Å². The van der Waals surface area contributed by atoms with Crippen molar-refractivity contribution in [3.05, 3.63) is 0 Å². The molecule has 0 unspecified atom stereocenters. The van der Waals surface area contributed by atoms with Crippen molar-refractivity contribution in [1.29, 1.82) is 0 Å². The summed E-state index contributed by atoms with van der Waals surface area (Å²) in [6.07, 6.45) is 0. The van der Waals surface area contributed by atoms with Crippen molar-refractivity contribution in [2.45, 2.75) is 0 Å². The Bertz CT molecular complexity index is 78.0. The summed E-state index contributed by atoms with van der Waals surface area (Å²) in [7, 11) is 25.0. The Kier molecular flexibility index (Phi) is 229. The third-order valence-corrected chi connectivity index (χ3v) is 0. The molecule has 0 saturated carbocycles. The largest absolute Gasteiger partial charge is 1.00 e. The van der Waals surface area contributed by atoms with E-state index in [4.69, 9.17) is 0 Å². The van der Waals surface area contributed by atoms with Crippen molar-refractivity contribution >= 4 is 0 Å².